The van der Waals surface area contributed by atoms with Gasteiger partial charge in [0.25, 0.3) is 5.91 Å². The number of anilines is 2. The van der Waals surface area contributed by atoms with Crippen LogP contribution in [0.4, 0.5) is 11.4 Å². The number of pyridine rings is 1. The van der Waals surface area contributed by atoms with E-state index in [1.54, 1.807) is 48.7 Å². The third-order valence-corrected chi connectivity index (χ3v) is 4.33. The summed E-state index contributed by atoms with van der Waals surface area (Å²) in [6, 6.07) is 11.7. The van der Waals surface area contributed by atoms with Crippen LogP contribution in [0.3, 0.4) is 0 Å². The van der Waals surface area contributed by atoms with Crippen molar-refractivity contribution < 1.29 is 9.59 Å². The van der Waals surface area contributed by atoms with Crippen molar-refractivity contribution in [2.24, 2.45) is 0 Å². The molecule has 3 aromatic rings. The molecular weight excluding hydrogens is 366 g/mol. The molecule has 1 aromatic heterocycles. The van der Waals surface area contributed by atoms with Crippen molar-refractivity contribution in [1.29, 1.82) is 0 Å². The summed E-state index contributed by atoms with van der Waals surface area (Å²) >= 11 is 6.02. The molecule has 0 spiro atoms. The maximum Gasteiger partial charge on any atom is 0.261 e. The van der Waals surface area contributed by atoms with Crippen LogP contribution in [-0.2, 0) is 11.3 Å². The summed E-state index contributed by atoms with van der Waals surface area (Å²) < 4.78 is 1.84. The van der Waals surface area contributed by atoms with E-state index < -0.39 is 5.91 Å². The third-order valence-electron chi connectivity index (χ3n) is 4.09. The highest BCUT2D eigenvalue weighted by Crippen LogP contribution is 2.19. The van der Waals surface area contributed by atoms with Gasteiger partial charge in [0.15, 0.2) is 0 Å². The monoisotopic (exact) mass is 383 g/mol. The number of fused-ring (bicyclic) bond motifs is 1. The highest BCUT2D eigenvalue weighted by Gasteiger charge is 2.16. The number of amides is 2. The average Bonchev–Trinajstić information content (AvgIpc) is 2.63. The summed E-state index contributed by atoms with van der Waals surface area (Å²) in [6.07, 6.45) is 1.56. The van der Waals surface area contributed by atoms with E-state index in [4.69, 9.17) is 11.6 Å². The van der Waals surface area contributed by atoms with Gasteiger partial charge >= 0.3 is 0 Å². The van der Waals surface area contributed by atoms with Crippen molar-refractivity contribution in [2.75, 3.05) is 10.6 Å². The molecule has 0 unspecified atom stereocenters. The highest BCUT2D eigenvalue weighted by atomic mass is 35.5. The van der Waals surface area contributed by atoms with Crippen LogP contribution in [0.15, 0.2) is 53.5 Å². The molecular formula is C20H18ClN3O3. The summed E-state index contributed by atoms with van der Waals surface area (Å²) in [5.74, 6) is -0.682. The fraction of sp³-hybridized carbons (Fsp3) is 0.150. The molecule has 138 valence electrons. The Labute approximate surface area is 160 Å². The Morgan fingerprint density at radius 1 is 1.04 bits per heavy atom. The minimum absolute atomic E-state index is 0.0394. The Balaban J connectivity index is 1.95. The van der Waals surface area contributed by atoms with E-state index in [1.165, 1.54) is 6.92 Å². The summed E-state index contributed by atoms with van der Waals surface area (Å²) in [4.78, 5) is 36.5. The first-order valence-electron chi connectivity index (χ1n) is 8.40. The van der Waals surface area contributed by atoms with E-state index in [-0.39, 0.29) is 16.9 Å². The first-order valence-corrected chi connectivity index (χ1v) is 8.78. The quantitative estimate of drug-likeness (QED) is 0.717. The normalized spacial score (nSPS) is 10.6. The zero-order chi connectivity index (χ0) is 19.6. The molecule has 2 N–H and O–H groups in total. The van der Waals surface area contributed by atoms with Crippen LogP contribution in [0.25, 0.3) is 10.9 Å². The van der Waals surface area contributed by atoms with Gasteiger partial charge in [0.2, 0.25) is 11.3 Å². The number of benzene rings is 2. The van der Waals surface area contributed by atoms with Crippen LogP contribution < -0.4 is 16.1 Å². The van der Waals surface area contributed by atoms with Gasteiger partial charge in [-0.1, -0.05) is 11.6 Å². The Morgan fingerprint density at radius 3 is 2.26 bits per heavy atom. The topological polar surface area (TPSA) is 80.2 Å². The van der Waals surface area contributed by atoms with E-state index in [9.17, 15) is 14.4 Å². The molecule has 0 atom stereocenters. The van der Waals surface area contributed by atoms with Crippen LogP contribution in [0.5, 0.6) is 0 Å². The molecule has 2 amide bonds. The smallest absolute Gasteiger partial charge is 0.261 e. The van der Waals surface area contributed by atoms with Crippen molar-refractivity contribution in [3.05, 3.63) is 69.5 Å². The number of hydrogen-bond acceptors (Lipinski definition) is 3. The van der Waals surface area contributed by atoms with E-state index in [0.29, 0.717) is 28.3 Å². The number of aryl methyl sites for hydroxylation is 1. The third kappa shape index (κ3) is 4.01. The maximum atomic E-state index is 12.8. The van der Waals surface area contributed by atoms with Crippen LogP contribution >= 0.6 is 11.6 Å². The number of halogens is 1. The van der Waals surface area contributed by atoms with Crippen molar-refractivity contribution in [3.63, 3.8) is 0 Å². The van der Waals surface area contributed by atoms with E-state index >= 15 is 0 Å². The van der Waals surface area contributed by atoms with E-state index in [0.717, 1.165) is 5.52 Å². The van der Waals surface area contributed by atoms with Gasteiger partial charge in [-0.25, -0.2) is 0 Å². The van der Waals surface area contributed by atoms with Gasteiger partial charge in [-0.15, -0.1) is 0 Å². The average molecular weight is 384 g/mol. The largest absolute Gasteiger partial charge is 0.347 e. The van der Waals surface area contributed by atoms with Crippen LogP contribution in [0, 0.1) is 0 Å². The van der Waals surface area contributed by atoms with E-state index in [2.05, 4.69) is 10.6 Å². The lowest BCUT2D eigenvalue weighted by Gasteiger charge is -2.12. The van der Waals surface area contributed by atoms with Crippen LogP contribution in [0.2, 0.25) is 5.02 Å². The molecule has 3 rings (SSSR count). The highest BCUT2D eigenvalue weighted by molar-refractivity contribution is 6.31. The van der Waals surface area contributed by atoms with Crippen molar-refractivity contribution in [3.8, 4) is 0 Å². The maximum absolute atomic E-state index is 12.8. The fourth-order valence-electron chi connectivity index (χ4n) is 2.83. The predicted molar refractivity (Wildman–Crippen MR) is 108 cm³/mol. The van der Waals surface area contributed by atoms with Gasteiger partial charge in [0.1, 0.15) is 5.56 Å². The molecule has 0 saturated heterocycles. The second-order valence-electron chi connectivity index (χ2n) is 6.03. The SMILES string of the molecule is CCn1cc(C(=O)Nc2ccc(NC(C)=O)cc2)c(=O)c2cc(Cl)ccc21. The van der Waals surface area contributed by atoms with Crippen molar-refractivity contribution >= 4 is 45.7 Å². The first-order chi connectivity index (χ1) is 12.9. The minimum Gasteiger partial charge on any atom is -0.347 e. The Morgan fingerprint density at radius 2 is 1.67 bits per heavy atom. The van der Waals surface area contributed by atoms with Crippen molar-refractivity contribution in [2.45, 2.75) is 20.4 Å². The fourth-order valence-corrected chi connectivity index (χ4v) is 3.00. The second-order valence-corrected chi connectivity index (χ2v) is 6.47. The molecule has 0 bridgehead atoms. The number of nitrogens with zero attached hydrogens (tertiary/aromatic N) is 1. The first kappa shape index (κ1) is 18.7. The lowest BCUT2D eigenvalue weighted by atomic mass is 10.1. The van der Waals surface area contributed by atoms with Gasteiger partial charge in [-0.2, -0.15) is 0 Å². The van der Waals surface area contributed by atoms with Gasteiger partial charge in [0.05, 0.1) is 5.52 Å². The lowest BCUT2D eigenvalue weighted by molar-refractivity contribution is -0.114. The second kappa shape index (κ2) is 7.63. The molecule has 27 heavy (non-hydrogen) atoms. The molecule has 0 fully saturated rings. The van der Waals surface area contributed by atoms with Crippen LogP contribution in [-0.4, -0.2) is 16.4 Å². The molecule has 6 nitrogen and oxygen atoms in total. The van der Waals surface area contributed by atoms with Gasteiger partial charge in [-0.05, 0) is 49.4 Å². The number of rotatable bonds is 4. The predicted octanol–water partition coefficient (Wildman–Crippen LogP) is 3.89. The number of carbonyl (C=O) groups is 2. The summed E-state index contributed by atoms with van der Waals surface area (Å²) in [7, 11) is 0. The van der Waals surface area contributed by atoms with Gasteiger partial charge in [-0.3, -0.25) is 14.4 Å². The molecule has 7 heteroatoms. The number of nitrogens with one attached hydrogen (secondary N) is 2. The van der Waals surface area contributed by atoms with Crippen molar-refractivity contribution in [1.82, 2.24) is 4.57 Å². The molecule has 2 aromatic carbocycles. The standard InChI is InChI=1S/C20H18ClN3O3/c1-3-24-11-17(19(26)16-10-13(21)4-9-18(16)24)20(27)23-15-7-5-14(6-8-15)22-12(2)25/h4-11H,3H2,1-2H3,(H,22,25)(H,23,27). The molecule has 0 saturated carbocycles. The summed E-state index contributed by atoms with van der Waals surface area (Å²) in [5, 5.41) is 6.20. The zero-order valence-corrected chi connectivity index (χ0v) is 15.6. The number of carbonyl (C=O) groups excluding carboxylic acids is 2. The van der Waals surface area contributed by atoms with Crippen LogP contribution in [0.1, 0.15) is 24.2 Å². The Hall–Kier alpha value is -3.12. The Bertz CT molecular complexity index is 1090. The molecule has 0 aliphatic rings. The van der Waals surface area contributed by atoms with Gasteiger partial charge in [0, 0.05) is 41.4 Å². The molecule has 1 heterocycles. The molecule has 0 radical (unpaired) electrons. The van der Waals surface area contributed by atoms with E-state index in [1.807, 2.05) is 11.5 Å². The lowest BCUT2D eigenvalue weighted by Crippen LogP contribution is -2.23. The molecule has 0 aliphatic carbocycles. The number of aromatic nitrogens is 1. The summed E-state index contributed by atoms with van der Waals surface area (Å²) in [5.41, 5.74) is 1.53. The summed E-state index contributed by atoms with van der Waals surface area (Å²) in [6.45, 7) is 3.95. The minimum atomic E-state index is -0.503. The zero-order valence-electron chi connectivity index (χ0n) is 14.9. The molecule has 0 aliphatic heterocycles. The number of hydrogen-bond donors (Lipinski definition) is 2. The van der Waals surface area contributed by atoms with Gasteiger partial charge < -0.3 is 15.2 Å². The Kier molecular flexibility index (Phi) is 5.28.